The van der Waals surface area contributed by atoms with Gasteiger partial charge < -0.3 is 34.4 Å². The van der Waals surface area contributed by atoms with Gasteiger partial charge in [0.2, 0.25) is 0 Å². The molecule has 0 aliphatic rings. The van der Waals surface area contributed by atoms with Crippen LogP contribution >= 0.6 is 52.1 Å². The molecule has 13 heteroatoms. The molecule has 0 aliphatic heterocycles. The fraction of sp³-hybridized carbons (Fsp3) is 0.190. The third-order valence-electron chi connectivity index (χ3n) is 5.80. The Morgan fingerprint density at radius 3 is 1.18 bits per heavy atom. The molecule has 0 fully saturated rings. The van der Waals surface area contributed by atoms with E-state index in [4.69, 9.17) is 34.4 Å². The summed E-state index contributed by atoms with van der Waals surface area (Å²) in [4.78, 5) is 11.6. The predicted molar refractivity (Wildman–Crippen MR) is 254 cm³/mol. The Kier molecular flexibility index (Phi) is 38.7. The van der Waals surface area contributed by atoms with Gasteiger partial charge in [0.05, 0.1) is 3.57 Å². The molecule has 0 atom stereocenters. The van der Waals surface area contributed by atoms with E-state index in [1.807, 2.05) is 120 Å². The van der Waals surface area contributed by atoms with Crippen LogP contribution in [0.1, 0.15) is 63.8 Å². The van der Waals surface area contributed by atoms with Crippen LogP contribution in [-0.4, -0.2) is 15.0 Å². The van der Waals surface area contributed by atoms with Crippen molar-refractivity contribution in [3.63, 3.8) is 0 Å². The second-order valence-electron chi connectivity index (χ2n) is 9.64. The van der Waals surface area contributed by atoms with Crippen LogP contribution in [0.15, 0.2) is 133 Å². The Bertz CT molecular complexity index is 1720. The molecule has 0 saturated carbocycles. The zero-order chi connectivity index (χ0) is 42.4. The molecule has 6 aromatic rings. The number of anilines is 6. The molecule has 3 aromatic heterocycles. The molecule has 3 aromatic carbocycles. The van der Waals surface area contributed by atoms with Gasteiger partial charge in [-0.25, -0.2) is 15.0 Å². The number of pyridine rings is 3. The molecule has 55 heavy (non-hydrogen) atoms. The molecule has 3 heterocycles. The van der Waals surface area contributed by atoms with Crippen molar-refractivity contribution in [2.24, 2.45) is 0 Å². The standard InChI is InChI=1S/C12H13N3.C7H7Br.C7H7.C5H6IN3.C5H7N3.3C2H6.BrH.Zn/c13-11-7-6-10(12(14)15-11)8-9-4-2-1-3-5-9;8-6-7-4-2-1-3-5-7;1-7-5-3-2-4-6-7;6-3-1-2-4(7)9-5(3)8;6-4-2-1-3-5(7)8-4;3*1-2;;/h1-7H,8H2,(H4,13,14,15);1-5H,6H2;2-6H,1H2;1-2H,(H4,7,8,9);1-3H,(H4,6,7,8);3*1-2H3;1H;/q;;-1;;;;;;;+2/p-1. The number of alkyl halides is 1. The zero-order valence-corrected chi connectivity index (χ0v) is 41.3. The minimum absolute atomic E-state index is 0.462. The van der Waals surface area contributed by atoms with Crippen molar-refractivity contribution in [1.82, 2.24) is 15.0 Å². The first-order chi connectivity index (χ1) is 26.6. The average Bonchev–Trinajstić information content (AvgIpc) is 3.22. The van der Waals surface area contributed by atoms with Crippen LogP contribution in [-0.2, 0) is 28.1 Å². The number of benzene rings is 3. The number of hydrogen-bond donors (Lipinski definition) is 6. The van der Waals surface area contributed by atoms with Crippen LogP contribution in [0.3, 0.4) is 0 Å². The van der Waals surface area contributed by atoms with E-state index in [1.54, 1.807) is 30.3 Å². The summed E-state index contributed by atoms with van der Waals surface area (Å²) in [6, 6.07) is 42.7. The Morgan fingerprint density at radius 1 is 0.491 bits per heavy atom. The second kappa shape index (κ2) is 38.4. The molecule has 0 radical (unpaired) electrons. The molecule has 0 bridgehead atoms. The van der Waals surface area contributed by atoms with Gasteiger partial charge >= 0.3 is 30.0 Å². The molecular weight excluding hydrogens is 983 g/mol. The number of aromatic nitrogens is 3. The van der Waals surface area contributed by atoms with Crippen molar-refractivity contribution < 1.29 is 16.3 Å². The fourth-order valence-electron chi connectivity index (χ4n) is 3.47. The monoisotopic (exact) mass is 1040 g/mol. The number of halogens is 3. The van der Waals surface area contributed by atoms with Gasteiger partial charge in [-0.05, 0) is 69.6 Å². The quantitative estimate of drug-likeness (QED) is 0.0433. The molecule has 0 saturated heterocycles. The molecule has 12 N–H and O–H groups in total. The van der Waals surface area contributed by atoms with E-state index in [9.17, 15) is 0 Å². The zero-order valence-electron chi connectivity index (χ0n) is 33.0. The topological polar surface area (TPSA) is 195 Å². The molecule has 0 spiro atoms. The fourth-order valence-corrected chi connectivity index (χ4v) is 4.15. The summed E-state index contributed by atoms with van der Waals surface area (Å²) < 4.78 is 0.932. The molecular formula is C42H58Br2IN9Zn. The Balaban J connectivity index is -0.000000602. The summed E-state index contributed by atoms with van der Waals surface area (Å²) in [5.74, 6) is 2.86. The normalized spacial score (nSPS) is 8.49. The number of rotatable bonds is 3. The summed E-state index contributed by atoms with van der Waals surface area (Å²) in [5.41, 5.74) is 37.2. The molecule has 0 amide bonds. The van der Waals surface area contributed by atoms with Crippen molar-refractivity contribution in [1.29, 1.82) is 0 Å². The average molecular weight is 1040 g/mol. The Labute approximate surface area is 369 Å². The van der Waals surface area contributed by atoms with Gasteiger partial charge in [-0.2, -0.15) is 24.6 Å². The van der Waals surface area contributed by atoms with E-state index >= 15 is 0 Å². The number of nitrogen functional groups attached to an aromatic ring is 6. The Morgan fingerprint density at radius 2 is 0.873 bits per heavy atom. The first-order valence-corrected chi connectivity index (χ1v) is 26.7. The van der Waals surface area contributed by atoms with Crippen LogP contribution in [0.4, 0.5) is 34.9 Å². The van der Waals surface area contributed by atoms with Crippen molar-refractivity contribution in [2.75, 3.05) is 34.4 Å². The molecule has 0 unspecified atom stereocenters. The van der Waals surface area contributed by atoms with Crippen LogP contribution in [0.25, 0.3) is 0 Å². The Hall–Kier alpha value is -3.91. The van der Waals surface area contributed by atoms with Gasteiger partial charge in [0.1, 0.15) is 34.9 Å². The predicted octanol–water partition coefficient (Wildman–Crippen LogP) is 11.3. The van der Waals surface area contributed by atoms with E-state index in [1.165, 1.54) is 27.5 Å². The number of nitrogens with two attached hydrogens (primary N) is 6. The third-order valence-corrected chi connectivity index (χ3v) is 7.36. The maximum atomic E-state index is 5.78. The van der Waals surface area contributed by atoms with Crippen molar-refractivity contribution in [2.45, 2.75) is 53.3 Å². The van der Waals surface area contributed by atoms with Gasteiger partial charge in [-0.3, -0.25) is 0 Å². The maximum absolute atomic E-state index is 5.78. The summed E-state index contributed by atoms with van der Waals surface area (Å²) in [5, 5.41) is 0.952. The first kappa shape index (κ1) is 55.4. The van der Waals surface area contributed by atoms with E-state index in [2.05, 4.69) is 98.3 Å². The van der Waals surface area contributed by atoms with E-state index < -0.39 is 0 Å². The van der Waals surface area contributed by atoms with Gasteiger partial charge in [0, 0.05) is 11.8 Å². The van der Waals surface area contributed by atoms with E-state index in [0.29, 0.717) is 34.9 Å². The van der Waals surface area contributed by atoms with Crippen molar-refractivity contribution in [3.05, 3.63) is 166 Å². The van der Waals surface area contributed by atoms with Crippen molar-refractivity contribution in [3.8, 4) is 0 Å². The van der Waals surface area contributed by atoms with Crippen LogP contribution in [0.5, 0.6) is 0 Å². The molecule has 294 valence electrons. The van der Waals surface area contributed by atoms with Crippen LogP contribution < -0.4 is 34.4 Å². The minimum atomic E-state index is 0.462. The van der Waals surface area contributed by atoms with Crippen LogP contribution in [0.2, 0.25) is 0 Å². The van der Waals surface area contributed by atoms with Gasteiger partial charge in [-0.15, -0.1) is 12.1 Å². The van der Waals surface area contributed by atoms with E-state index in [0.717, 1.165) is 26.4 Å². The second-order valence-corrected chi connectivity index (χ2v) is 11.4. The third kappa shape index (κ3) is 30.1. The molecule has 6 rings (SSSR count). The molecule has 0 aliphatic carbocycles. The summed E-state index contributed by atoms with van der Waals surface area (Å²) >= 11 is 9.71. The van der Waals surface area contributed by atoms with E-state index in [-0.39, 0.29) is 0 Å². The molecule has 9 nitrogen and oxygen atoms in total. The summed E-state index contributed by atoms with van der Waals surface area (Å²) in [7, 11) is 0. The first-order valence-electron chi connectivity index (χ1n) is 17.5. The van der Waals surface area contributed by atoms with Gasteiger partial charge in [0.15, 0.2) is 0 Å². The number of hydrogen-bond acceptors (Lipinski definition) is 9. The van der Waals surface area contributed by atoms with Gasteiger partial charge in [-0.1, -0.05) is 136 Å². The summed E-state index contributed by atoms with van der Waals surface area (Å²) in [6.45, 7) is 15.7. The SMILES string of the molecule is BrCc1ccccc1.CC.CC.CC.Nc1ccc(Cc2ccccc2)c(N)n1.Nc1ccc(I)c(N)n1.Nc1cccc(N)n1.[CH2-]c1ccccc1.[Zn+][Br]. The van der Waals surface area contributed by atoms with Crippen molar-refractivity contribution >= 4 is 87.1 Å². The summed E-state index contributed by atoms with van der Waals surface area (Å²) in [6.07, 6.45) is 0.792. The van der Waals surface area contributed by atoms with Crippen LogP contribution in [0, 0.1) is 10.5 Å². The number of nitrogens with zero attached hydrogens (tertiary/aromatic N) is 3. The van der Waals surface area contributed by atoms with Gasteiger partial charge in [0.25, 0.3) is 0 Å².